The minimum atomic E-state index is -2.69. The summed E-state index contributed by atoms with van der Waals surface area (Å²) < 4.78 is 25.0. The van der Waals surface area contributed by atoms with Crippen molar-refractivity contribution in [2.45, 2.75) is 52.1 Å². The summed E-state index contributed by atoms with van der Waals surface area (Å²) in [6.45, 7) is 4.58. The predicted molar refractivity (Wildman–Crippen MR) is 141 cm³/mol. The number of halogens is 1. The average Bonchev–Trinajstić information content (AvgIpc) is 3.19. The molecule has 1 saturated carbocycles. The topological polar surface area (TPSA) is 91.7 Å². The molecule has 5 rings (SSSR count). The summed E-state index contributed by atoms with van der Waals surface area (Å²) in [5.74, 6) is 2.16. The van der Waals surface area contributed by atoms with E-state index in [-0.39, 0.29) is 0 Å². The third-order valence-electron chi connectivity index (χ3n) is 5.67. The molecule has 4 aromatic rings. The molecule has 184 valence electrons. The summed E-state index contributed by atoms with van der Waals surface area (Å²) in [5.41, 5.74) is 8.71. The first-order valence-electron chi connectivity index (χ1n) is 11.8. The summed E-state index contributed by atoms with van der Waals surface area (Å²) in [6, 6.07) is 15.1. The Balaban J connectivity index is 0.000000917. The van der Waals surface area contributed by atoms with Gasteiger partial charge >= 0.3 is 8.18 Å². The molecule has 0 aliphatic heterocycles. The normalized spacial score (nSPS) is 14.1. The quantitative estimate of drug-likeness (QED) is 0.267. The van der Waals surface area contributed by atoms with Crippen LogP contribution in [0.15, 0.2) is 60.9 Å². The molecular weight excluding hydrogens is 483 g/mol. The Kier molecular flexibility index (Phi) is 8.45. The molecule has 1 unspecified atom stereocenters. The second-order valence-electron chi connectivity index (χ2n) is 8.45. The third kappa shape index (κ3) is 5.87. The van der Waals surface area contributed by atoms with Crippen molar-refractivity contribution in [3.05, 3.63) is 77.5 Å². The Morgan fingerprint density at radius 2 is 1.89 bits per heavy atom. The van der Waals surface area contributed by atoms with E-state index < -0.39 is 8.18 Å². The molecule has 1 atom stereocenters. The fraction of sp³-hybridized carbons (Fsp3) is 0.308. The number of fused-ring (bicyclic) bond motifs is 1. The summed E-state index contributed by atoms with van der Waals surface area (Å²) in [5, 5.41) is 0.389. The zero-order valence-corrected chi connectivity index (χ0v) is 21.7. The van der Waals surface area contributed by atoms with Gasteiger partial charge in [-0.15, -0.1) is 0 Å². The maximum absolute atomic E-state index is 11.6. The minimum Gasteiger partial charge on any atom is -0.485 e. The predicted octanol–water partition coefficient (Wildman–Crippen LogP) is 7.04. The second-order valence-corrected chi connectivity index (χ2v) is 9.65. The van der Waals surface area contributed by atoms with Crippen LogP contribution in [0.25, 0.3) is 16.8 Å². The lowest BCUT2D eigenvalue weighted by molar-refractivity contribution is 0.297. The van der Waals surface area contributed by atoms with E-state index in [1.807, 2.05) is 53.1 Å². The molecule has 0 spiro atoms. The van der Waals surface area contributed by atoms with Gasteiger partial charge in [0.2, 0.25) is 0 Å². The largest absolute Gasteiger partial charge is 0.485 e. The summed E-state index contributed by atoms with van der Waals surface area (Å²) in [6.07, 6.45) is 8.27. The van der Waals surface area contributed by atoms with Crippen LogP contribution in [0.5, 0.6) is 11.5 Å². The molecule has 0 radical (unpaired) electrons. The Bertz CT molecular complexity index is 1310. The molecule has 2 aromatic heterocycles. The lowest BCUT2D eigenvalue weighted by atomic mass is 9.85. The number of rotatable bonds is 7. The average molecular weight is 513 g/mol. The van der Waals surface area contributed by atoms with Gasteiger partial charge in [-0.1, -0.05) is 68.6 Å². The van der Waals surface area contributed by atoms with Gasteiger partial charge in [-0.05, 0) is 36.6 Å². The highest BCUT2D eigenvalue weighted by Gasteiger charge is 2.27. The van der Waals surface area contributed by atoms with Crippen molar-refractivity contribution in [1.82, 2.24) is 14.4 Å². The molecule has 9 heteroatoms. The van der Waals surface area contributed by atoms with Gasteiger partial charge in [-0.3, -0.25) is 14.5 Å². The van der Waals surface area contributed by atoms with Crippen LogP contribution in [-0.2, 0) is 11.2 Å². The van der Waals surface area contributed by atoms with Gasteiger partial charge in [-0.25, -0.2) is 9.97 Å². The maximum Gasteiger partial charge on any atom is 0.302 e. The van der Waals surface area contributed by atoms with E-state index in [9.17, 15) is 4.57 Å². The van der Waals surface area contributed by atoms with Gasteiger partial charge in [0, 0.05) is 23.9 Å². The van der Waals surface area contributed by atoms with Gasteiger partial charge < -0.3 is 9.26 Å². The van der Waals surface area contributed by atoms with Crippen molar-refractivity contribution in [3.8, 4) is 22.8 Å². The van der Waals surface area contributed by atoms with Gasteiger partial charge in [0.05, 0.1) is 5.69 Å². The highest BCUT2D eigenvalue weighted by atomic mass is 35.5. The molecule has 1 fully saturated rings. The van der Waals surface area contributed by atoms with E-state index in [1.165, 1.54) is 12.8 Å². The summed E-state index contributed by atoms with van der Waals surface area (Å²) in [7, 11) is -2.69. The molecule has 1 aliphatic rings. The van der Waals surface area contributed by atoms with Crippen molar-refractivity contribution in [1.29, 1.82) is 0 Å². The van der Waals surface area contributed by atoms with Gasteiger partial charge in [0.25, 0.3) is 0 Å². The highest BCUT2D eigenvalue weighted by Crippen LogP contribution is 2.41. The van der Waals surface area contributed by atoms with Gasteiger partial charge in [0.15, 0.2) is 16.7 Å². The van der Waals surface area contributed by atoms with Crippen LogP contribution in [0.4, 0.5) is 0 Å². The van der Waals surface area contributed by atoms with Crippen molar-refractivity contribution >= 4 is 25.3 Å². The van der Waals surface area contributed by atoms with Crippen LogP contribution in [0.1, 0.15) is 56.8 Å². The molecule has 2 aromatic carbocycles. The van der Waals surface area contributed by atoms with Crippen LogP contribution in [0.2, 0.25) is 5.15 Å². The fourth-order valence-corrected chi connectivity index (χ4v) is 4.50. The molecule has 2 N–H and O–H groups in total. The fourth-order valence-electron chi connectivity index (χ4n) is 3.88. The first-order chi connectivity index (χ1) is 17.0. The standard InChI is InChI=1S/C23H22ClN4O3P.C3H8/c24-22-21-20(27-23(16-7-4-8-16)28(21)12-11-26-22)17-9-10-18(31-32(25)29)19(13-17)30-14-15-5-2-1-3-6-15;1-3-2/h1-3,5-6,9-13,16,32H,4,7-8,14H2,(H2,25,29);3H2,1-2H3. The zero-order chi connectivity index (χ0) is 24.8. The van der Waals surface area contributed by atoms with Crippen molar-refractivity contribution in [2.75, 3.05) is 0 Å². The van der Waals surface area contributed by atoms with E-state index in [4.69, 9.17) is 31.3 Å². The van der Waals surface area contributed by atoms with Crippen molar-refractivity contribution < 1.29 is 13.8 Å². The number of nitrogens with zero attached hydrogens (tertiary/aromatic N) is 3. The Hall–Kier alpha value is -2.86. The SMILES string of the molecule is CCC.N[PH](=O)Oc1ccc(-c2nc(C3CCC3)n3ccnc(Cl)c23)cc1OCc1ccccc1. The van der Waals surface area contributed by atoms with Crippen LogP contribution >= 0.6 is 19.8 Å². The first-order valence-corrected chi connectivity index (χ1v) is 13.6. The number of ether oxygens (including phenoxy) is 1. The van der Waals surface area contributed by atoms with Gasteiger partial charge in [0.1, 0.15) is 17.9 Å². The lowest BCUT2D eigenvalue weighted by Crippen LogP contribution is -2.12. The van der Waals surface area contributed by atoms with E-state index >= 15 is 0 Å². The van der Waals surface area contributed by atoms with Crippen molar-refractivity contribution in [2.24, 2.45) is 5.50 Å². The summed E-state index contributed by atoms with van der Waals surface area (Å²) in [4.78, 5) is 9.21. The Labute approximate surface area is 211 Å². The van der Waals surface area contributed by atoms with Crippen LogP contribution in [-0.4, -0.2) is 14.4 Å². The minimum absolute atomic E-state index is 0.322. The molecule has 1 aliphatic carbocycles. The monoisotopic (exact) mass is 512 g/mol. The Morgan fingerprint density at radius 1 is 1.14 bits per heavy atom. The molecule has 0 saturated heterocycles. The van der Waals surface area contributed by atoms with E-state index in [1.54, 1.807) is 12.3 Å². The van der Waals surface area contributed by atoms with Crippen LogP contribution in [0.3, 0.4) is 0 Å². The number of nitrogens with two attached hydrogens (primary N) is 1. The van der Waals surface area contributed by atoms with E-state index in [0.29, 0.717) is 29.2 Å². The zero-order valence-electron chi connectivity index (χ0n) is 19.9. The Morgan fingerprint density at radius 3 is 2.54 bits per heavy atom. The smallest absolute Gasteiger partial charge is 0.302 e. The highest BCUT2D eigenvalue weighted by molar-refractivity contribution is 7.36. The lowest BCUT2D eigenvalue weighted by Gasteiger charge is -2.23. The second kappa shape index (κ2) is 11.7. The van der Waals surface area contributed by atoms with Crippen LogP contribution < -0.4 is 14.8 Å². The molecular formula is C26H30ClN4O3P. The van der Waals surface area contributed by atoms with Crippen molar-refractivity contribution in [3.63, 3.8) is 0 Å². The third-order valence-corrected chi connectivity index (χ3v) is 6.37. The molecule has 0 bridgehead atoms. The molecule has 7 nitrogen and oxygen atoms in total. The number of hydrogen-bond acceptors (Lipinski definition) is 5. The van der Waals surface area contributed by atoms with Crippen LogP contribution in [0, 0.1) is 0 Å². The first kappa shape index (κ1) is 25.2. The molecule has 2 heterocycles. The molecule has 0 amide bonds. The number of hydrogen-bond donors (Lipinski definition) is 1. The molecule has 35 heavy (non-hydrogen) atoms. The van der Waals surface area contributed by atoms with E-state index in [2.05, 4.69) is 18.8 Å². The summed E-state index contributed by atoms with van der Waals surface area (Å²) >= 11 is 6.49. The number of benzene rings is 2. The maximum atomic E-state index is 11.6. The number of imidazole rings is 1. The number of aromatic nitrogens is 3. The van der Waals surface area contributed by atoms with Gasteiger partial charge in [-0.2, -0.15) is 0 Å². The van der Waals surface area contributed by atoms with E-state index in [0.717, 1.165) is 41.0 Å².